The Labute approximate surface area is 171 Å². The van der Waals surface area contributed by atoms with E-state index in [1.165, 1.54) is 6.42 Å². The average molecular weight is 436 g/mol. The minimum atomic E-state index is -0.116. The van der Waals surface area contributed by atoms with Crippen molar-refractivity contribution in [3.8, 4) is 0 Å². The van der Waals surface area contributed by atoms with Gasteiger partial charge in [0.1, 0.15) is 6.10 Å². The number of hydrogen-bond acceptors (Lipinski definition) is 2. The van der Waals surface area contributed by atoms with Gasteiger partial charge in [0.2, 0.25) is 0 Å². The number of carbonyl (C=O) groups excluding carboxylic acids is 1. The van der Waals surface area contributed by atoms with Crippen molar-refractivity contribution in [2.45, 2.75) is 66.0 Å². The molecule has 5 heteroatoms. The van der Waals surface area contributed by atoms with Crippen molar-refractivity contribution < 1.29 is 14.1 Å². The Balaban J connectivity index is 1.83. The molecule has 0 N–H and O–H groups in total. The second-order valence-corrected chi connectivity index (χ2v) is 9.32. The standard InChI is InChI=1S/C22H32BrN2O2/c1-6-21-24(5)19-12-16(23)8-10-18(19)25(21)13-22(26)27-20-11-15(4)7-9-17(20)14(2)3/h8,10,12,14-15,17,20H,6-7,9,11,13H2,1-5H3/q+1/t15-,17+,20?/m1/s1. The van der Waals surface area contributed by atoms with E-state index < -0.39 is 0 Å². The summed E-state index contributed by atoms with van der Waals surface area (Å²) in [5, 5.41) is 0. The summed E-state index contributed by atoms with van der Waals surface area (Å²) in [6, 6.07) is 6.21. The Kier molecular flexibility index (Phi) is 6.29. The third-order valence-electron chi connectivity index (χ3n) is 6.14. The van der Waals surface area contributed by atoms with E-state index in [9.17, 15) is 4.79 Å². The fraction of sp³-hybridized carbons (Fsp3) is 0.636. The summed E-state index contributed by atoms with van der Waals surface area (Å²) in [5.41, 5.74) is 2.20. The summed E-state index contributed by atoms with van der Waals surface area (Å²) in [4.78, 5) is 12.9. The van der Waals surface area contributed by atoms with E-state index in [-0.39, 0.29) is 18.6 Å². The predicted octanol–water partition coefficient (Wildman–Crippen LogP) is 4.79. The Morgan fingerprint density at radius 1 is 1.37 bits per heavy atom. The highest BCUT2D eigenvalue weighted by Crippen LogP contribution is 2.35. The minimum Gasteiger partial charge on any atom is -0.459 e. The van der Waals surface area contributed by atoms with Crippen LogP contribution in [-0.2, 0) is 29.5 Å². The molecule has 1 saturated carbocycles. The van der Waals surface area contributed by atoms with Crippen LogP contribution in [0, 0.1) is 17.8 Å². The molecule has 2 aromatic rings. The van der Waals surface area contributed by atoms with Gasteiger partial charge in [0.15, 0.2) is 17.6 Å². The molecule has 0 bridgehead atoms. The third kappa shape index (κ3) is 4.23. The molecule has 3 rings (SSSR count). The maximum absolute atomic E-state index is 12.9. The van der Waals surface area contributed by atoms with E-state index in [1.54, 1.807) is 0 Å². The molecule has 4 nitrogen and oxygen atoms in total. The van der Waals surface area contributed by atoms with Gasteiger partial charge in [0.05, 0.1) is 7.05 Å². The highest BCUT2D eigenvalue weighted by molar-refractivity contribution is 9.10. The normalized spacial score (nSPS) is 23.1. The lowest BCUT2D eigenvalue weighted by Gasteiger charge is -2.36. The van der Waals surface area contributed by atoms with Gasteiger partial charge < -0.3 is 4.74 Å². The van der Waals surface area contributed by atoms with Gasteiger partial charge >= 0.3 is 5.97 Å². The monoisotopic (exact) mass is 435 g/mol. The number of ether oxygens (including phenoxy) is 1. The van der Waals surface area contributed by atoms with E-state index in [2.05, 4.69) is 71.9 Å². The number of carbonyl (C=O) groups is 1. The van der Waals surface area contributed by atoms with Gasteiger partial charge in [-0.05, 0) is 42.7 Å². The maximum atomic E-state index is 12.9. The summed E-state index contributed by atoms with van der Waals surface area (Å²) in [7, 11) is 2.06. The quantitative estimate of drug-likeness (QED) is 0.499. The zero-order chi connectivity index (χ0) is 19.7. The summed E-state index contributed by atoms with van der Waals surface area (Å²) in [5.74, 6) is 2.67. The molecule has 1 aliphatic rings. The van der Waals surface area contributed by atoms with Crippen LogP contribution < -0.4 is 4.57 Å². The molecule has 1 unspecified atom stereocenters. The van der Waals surface area contributed by atoms with E-state index in [0.29, 0.717) is 17.8 Å². The molecule has 1 aliphatic carbocycles. The lowest BCUT2D eigenvalue weighted by atomic mass is 9.75. The number of esters is 1. The van der Waals surface area contributed by atoms with Gasteiger partial charge in [-0.3, -0.25) is 0 Å². The van der Waals surface area contributed by atoms with Crippen LogP contribution in [0.5, 0.6) is 0 Å². The number of hydrogen-bond donors (Lipinski definition) is 0. The lowest BCUT2D eigenvalue weighted by Crippen LogP contribution is -2.44. The Morgan fingerprint density at radius 2 is 2.11 bits per heavy atom. The molecule has 0 aliphatic heterocycles. The number of benzene rings is 1. The molecule has 1 fully saturated rings. The number of aryl methyl sites for hydroxylation is 1. The summed E-state index contributed by atoms with van der Waals surface area (Å²) >= 11 is 3.55. The fourth-order valence-electron chi connectivity index (χ4n) is 4.64. The molecule has 27 heavy (non-hydrogen) atoms. The number of imidazole rings is 1. The van der Waals surface area contributed by atoms with E-state index in [0.717, 1.165) is 40.6 Å². The van der Waals surface area contributed by atoms with Crippen LogP contribution in [-0.4, -0.2) is 16.6 Å². The van der Waals surface area contributed by atoms with Crippen molar-refractivity contribution >= 4 is 32.9 Å². The van der Waals surface area contributed by atoms with Crippen molar-refractivity contribution in [3.05, 3.63) is 28.5 Å². The topological polar surface area (TPSA) is 35.1 Å². The number of halogens is 1. The van der Waals surface area contributed by atoms with Crippen LogP contribution in [0.1, 0.15) is 52.8 Å². The van der Waals surface area contributed by atoms with E-state index in [4.69, 9.17) is 4.74 Å². The molecule has 1 aromatic carbocycles. The minimum absolute atomic E-state index is 0.0519. The van der Waals surface area contributed by atoms with Crippen molar-refractivity contribution in [3.63, 3.8) is 0 Å². The van der Waals surface area contributed by atoms with Crippen LogP contribution >= 0.6 is 15.9 Å². The van der Waals surface area contributed by atoms with Crippen molar-refractivity contribution in [1.29, 1.82) is 0 Å². The SMILES string of the molecule is CCc1n(C)c2cc(Br)ccc2[n+]1CC(=O)OC1C[C@H](C)CC[C@H]1C(C)C. The first-order chi connectivity index (χ1) is 12.8. The summed E-state index contributed by atoms with van der Waals surface area (Å²) in [6.45, 7) is 9.16. The van der Waals surface area contributed by atoms with Crippen molar-refractivity contribution in [2.75, 3.05) is 0 Å². The van der Waals surface area contributed by atoms with E-state index in [1.807, 2.05) is 6.07 Å². The van der Waals surface area contributed by atoms with Gasteiger partial charge in [-0.25, -0.2) is 13.9 Å². The van der Waals surface area contributed by atoms with Gasteiger partial charge in [0, 0.05) is 17.0 Å². The average Bonchev–Trinajstić information content (AvgIpc) is 2.85. The van der Waals surface area contributed by atoms with E-state index >= 15 is 0 Å². The summed E-state index contributed by atoms with van der Waals surface area (Å²) < 4.78 is 11.4. The molecule has 1 aromatic heterocycles. The molecule has 0 amide bonds. The molecule has 0 radical (unpaired) electrons. The van der Waals surface area contributed by atoms with Crippen LogP contribution in [0.4, 0.5) is 0 Å². The molecule has 0 saturated heterocycles. The molecule has 1 heterocycles. The Morgan fingerprint density at radius 3 is 2.78 bits per heavy atom. The zero-order valence-corrected chi connectivity index (χ0v) is 18.8. The molecular weight excluding hydrogens is 404 g/mol. The zero-order valence-electron chi connectivity index (χ0n) is 17.2. The molecular formula is C22H32BrN2O2+. The lowest BCUT2D eigenvalue weighted by molar-refractivity contribution is -0.668. The van der Waals surface area contributed by atoms with Gasteiger partial charge in [-0.1, -0.05) is 50.0 Å². The first kappa shape index (κ1) is 20.4. The molecule has 148 valence electrons. The van der Waals surface area contributed by atoms with Crippen molar-refractivity contribution in [1.82, 2.24) is 4.57 Å². The molecule has 0 spiro atoms. The summed E-state index contributed by atoms with van der Waals surface area (Å²) in [6.07, 6.45) is 4.31. The first-order valence-electron chi connectivity index (χ1n) is 10.2. The van der Waals surface area contributed by atoms with Gasteiger partial charge in [-0.2, -0.15) is 0 Å². The second-order valence-electron chi connectivity index (χ2n) is 8.40. The highest BCUT2D eigenvalue weighted by atomic mass is 79.9. The van der Waals surface area contributed by atoms with Crippen LogP contribution in [0.15, 0.2) is 22.7 Å². The first-order valence-corrected chi connectivity index (χ1v) is 11.0. The van der Waals surface area contributed by atoms with Crippen LogP contribution in [0.3, 0.4) is 0 Å². The Bertz CT molecular complexity index is 827. The largest absolute Gasteiger partial charge is 0.459 e. The Hall–Kier alpha value is -1.36. The number of aromatic nitrogens is 2. The number of fused-ring (bicyclic) bond motifs is 1. The van der Waals surface area contributed by atoms with Gasteiger partial charge in [0.25, 0.3) is 5.82 Å². The highest BCUT2D eigenvalue weighted by Gasteiger charge is 2.34. The molecule has 3 atom stereocenters. The van der Waals surface area contributed by atoms with Gasteiger partial charge in [-0.15, -0.1) is 0 Å². The third-order valence-corrected chi connectivity index (χ3v) is 6.63. The van der Waals surface area contributed by atoms with Crippen molar-refractivity contribution in [2.24, 2.45) is 24.8 Å². The van der Waals surface area contributed by atoms with Crippen LogP contribution in [0.2, 0.25) is 0 Å². The second kappa shape index (κ2) is 8.34. The number of rotatable bonds is 5. The number of nitrogens with zero attached hydrogens (tertiary/aromatic N) is 2. The predicted molar refractivity (Wildman–Crippen MR) is 111 cm³/mol. The maximum Gasteiger partial charge on any atom is 0.348 e. The fourth-order valence-corrected chi connectivity index (χ4v) is 4.99. The smallest absolute Gasteiger partial charge is 0.348 e. The van der Waals surface area contributed by atoms with Crippen LogP contribution in [0.25, 0.3) is 11.0 Å².